The van der Waals surface area contributed by atoms with E-state index in [9.17, 15) is 13.2 Å². The van der Waals surface area contributed by atoms with E-state index < -0.39 is 10.0 Å². The number of aromatic nitrogens is 2. The van der Waals surface area contributed by atoms with Gasteiger partial charge in [-0.05, 0) is 69.4 Å². The van der Waals surface area contributed by atoms with E-state index in [1.807, 2.05) is 13.0 Å². The van der Waals surface area contributed by atoms with Gasteiger partial charge < -0.3 is 9.88 Å². The molecule has 4 rings (SSSR count). The number of sulfonamides is 1. The number of hydrogen-bond acceptors (Lipinski definition) is 4. The number of aryl methyl sites for hydroxylation is 4. The molecule has 0 aliphatic carbocycles. The van der Waals surface area contributed by atoms with Gasteiger partial charge in [0, 0.05) is 32.5 Å². The first kappa shape index (κ1) is 25.4. The van der Waals surface area contributed by atoms with Crippen LogP contribution in [-0.2, 0) is 27.8 Å². The highest BCUT2D eigenvalue weighted by molar-refractivity contribution is 7.89. The second-order valence-electron chi connectivity index (χ2n) is 9.59. The summed E-state index contributed by atoms with van der Waals surface area (Å²) < 4.78 is 29.7. The molecule has 0 bridgehead atoms. The number of rotatable bonds is 9. The van der Waals surface area contributed by atoms with Crippen molar-refractivity contribution in [2.24, 2.45) is 0 Å². The Bertz CT molecular complexity index is 1320. The van der Waals surface area contributed by atoms with Gasteiger partial charge in [-0.15, -0.1) is 0 Å². The average molecular weight is 497 g/mol. The lowest BCUT2D eigenvalue weighted by Crippen LogP contribution is -2.27. The second kappa shape index (κ2) is 10.5. The summed E-state index contributed by atoms with van der Waals surface area (Å²) in [6.45, 7) is 10.1. The molecule has 2 heterocycles. The summed E-state index contributed by atoms with van der Waals surface area (Å²) in [4.78, 5) is 17.8. The van der Waals surface area contributed by atoms with Crippen molar-refractivity contribution in [3.8, 4) is 0 Å². The minimum absolute atomic E-state index is 0.0224. The maximum absolute atomic E-state index is 13.0. The molecule has 8 heteroatoms. The maximum Gasteiger partial charge on any atom is 0.243 e. The lowest BCUT2D eigenvalue weighted by molar-refractivity contribution is -0.121. The minimum Gasteiger partial charge on any atom is -0.350 e. The van der Waals surface area contributed by atoms with Crippen molar-refractivity contribution in [2.75, 3.05) is 13.1 Å². The summed E-state index contributed by atoms with van der Waals surface area (Å²) in [5.74, 6) is 0.790. The van der Waals surface area contributed by atoms with Crippen LogP contribution in [0.4, 0.5) is 0 Å². The Morgan fingerprint density at radius 3 is 2.57 bits per heavy atom. The van der Waals surface area contributed by atoms with Gasteiger partial charge in [-0.1, -0.05) is 30.7 Å². The molecule has 7 nitrogen and oxygen atoms in total. The molecule has 188 valence electrons. The third-order valence-electron chi connectivity index (χ3n) is 6.80. The highest BCUT2D eigenvalue weighted by Gasteiger charge is 2.28. The molecular formula is C27H36N4O3S. The molecule has 1 aromatic heterocycles. The smallest absolute Gasteiger partial charge is 0.243 e. The number of hydrogen-bond donors (Lipinski definition) is 1. The summed E-state index contributed by atoms with van der Waals surface area (Å²) in [5.41, 5.74) is 5.03. The first-order valence-corrected chi connectivity index (χ1v) is 14.0. The lowest BCUT2D eigenvalue weighted by Gasteiger charge is -2.17. The fourth-order valence-corrected chi connectivity index (χ4v) is 6.44. The van der Waals surface area contributed by atoms with E-state index in [1.165, 1.54) is 5.56 Å². The van der Waals surface area contributed by atoms with Crippen LogP contribution in [0.25, 0.3) is 11.0 Å². The molecule has 1 unspecified atom stereocenters. The third kappa shape index (κ3) is 5.43. The number of benzene rings is 2. The Balaban J connectivity index is 1.51. The lowest BCUT2D eigenvalue weighted by atomic mass is 10.00. The average Bonchev–Trinajstić information content (AvgIpc) is 3.48. The Hall–Kier alpha value is -2.71. The van der Waals surface area contributed by atoms with E-state index in [1.54, 1.807) is 16.4 Å². The van der Waals surface area contributed by atoms with Crippen molar-refractivity contribution in [1.29, 1.82) is 0 Å². The van der Waals surface area contributed by atoms with Crippen molar-refractivity contribution < 1.29 is 13.2 Å². The van der Waals surface area contributed by atoms with Crippen LogP contribution in [0.2, 0.25) is 0 Å². The van der Waals surface area contributed by atoms with Crippen LogP contribution in [0.1, 0.15) is 68.1 Å². The number of carbonyl (C=O) groups excluding carboxylic acids is 1. The number of nitrogens with zero attached hydrogens (tertiary/aromatic N) is 3. The first-order valence-electron chi connectivity index (χ1n) is 12.6. The van der Waals surface area contributed by atoms with Crippen molar-refractivity contribution in [3.05, 3.63) is 58.9 Å². The predicted molar refractivity (Wildman–Crippen MR) is 139 cm³/mol. The van der Waals surface area contributed by atoms with Gasteiger partial charge in [0.05, 0.1) is 22.0 Å². The Morgan fingerprint density at radius 1 is 1.11 bits per heavy atom. The summed E-state index contributed by atoms with van der Waals surface area (Å²) in [6.07, 6.45) is 3.54. The number of amides is 1. The van der Waals surface area contributed by atoms with E-state index in [-0.39, 0.29) is 11.9 Å². The largest absolute Gasteiger partial charge is 0.350 e. The van der Waals surface area contributed by atoms with Crippen LogP contribution in [0.15, 0.2) is 41.3 Å². The van der Waals surface area contributed by atoms with Crippen molar-refractivity contribution >= 4 is 27.0 Å². The van der Waals surface area contributed by atoms with E-state index in [0.717, 1.165) is 48.3 Å². The molecule has 35 heavy (non-hydrogen) atoms. The molecule has 1 amide bonds. The van der Waals surface area contributed by atoms with Crippen molar-refractivity contribution in [1.82, 2.24) is 19.2 Å². The standard InChI is InChI=1S/C27H36N4O3S/c1-5-14-31-25-11-10-22(35(33,34)30-15-6-7-16-30)18-24(25)29-26(31)12-13-27(32)28-21(4)23-17-19(2)8-9-20(23)3/h8-11,17-18,21H,5-7,12-16H2,1-4H3,(H,28,32). The normalized spacial score (nSPS) is 15.5. The highest BCUT2D eigenvalue weighted by Crippen LogP contribution is 2.26. The Morgan fingerprint density at radius 2 is 1.86 bits per heavy atom. The number of nitrogens with one attached hydrogen (secondary N) is 1. The minimum atomic E-state index is -3.50. The fourth-order valence-electron chi connectivity index (χ4n) is 4.90. The predicted octanol–water partition coefficient (Wildman–Crippen LogP) is 4.66. The molecule has 0 spiro atoms. The van der Waals surface area contributed by atoms with Crippen LogP contribution in [-0.4, -0.2) is 41.3 Å². The van der Waals surface area contributed by atoms with Gasteiger partial charge in [-0.25, -0.2) is 13.4 Å². The van der Waals surface area contributed by atoms with Gasteiger partial charge >= 0.3 is 0 Å². The van der Waals surface area contributed by atoms with Gasteiger partial charge in [0.2, 0.25) is 15.9 Å². The molecule has 2 aromatic carbocycles. The summed E-state index contributed by atoms with van der Waals surface area (Å²) in [5, 5.41) is 3.12. The van der Waals surface area contributed by atoms with Gasteiger partial charge in [0.25, 0.3) is 0 Å². The number of carbonyl (C=O) groups is 1. The van der Waals surface area contributed by atoms with Gasteiger partial charge in [-0.3, -0.25) is 4.79 Å². The van der Waals surface area contributed by atoms with E-state index in [2.05, 4.69) is 48.9 Å². The molecule has 1 aliphatic heterocycles. The molecule has 0 saturated carbocycles. The number of fused-ring (bicyclic) bond motifs is 1. The first-order chi connectivity index (χ1) is 16.7. The molecule has 1 aliphatic rings. The summed E-state index contributed by atoms with van der Waals surface area (Å²) in [7, 11) is -3.50. The zero-order chi connectivity index (χ0) is 25.2. The van der Waals surface area contributed by atoms with Crippen LogP contribution in [0.5, 0.6) is 0 Å². The SMILES string of the molecule is CCCn1c(CCC(=O)NC(C)c2cc(C)ccc2C)nc2cc(S(=O)(=O)N3CCCC3)ccc21. The van der Waals surface area contributed by atoms with Gasteiger partial charge in [0.1, 0.15) is 5.82 Å². The fraction of sp³-hybridized carbons (Fsp3) is 0.481. The monoisotopic (exact) mass is 496 g/mol. The molecule has 3 aromatic rings. The van der Waals surface area contributed by atoms with Crippen molar-refractivity contribution in [3.63, 3.8) is 0 Å². The van der Waals surface area contributed by atoms with E-state index >= 15 is 0 Å². The van der Waals surface area contributed by atoms with Gasteiger partial charge in [-0.2, -0.15) is 4.31 Å². The number of imidazole rings is 1. The Labute approximate surface area is 208 Å². The Kier molecular flexibility index (Phi) is 7.62. The molecule has 0 radical (unpaired) electrons. The molecule has 1 saturated heterocycles. The third-order valence-corrected chi connectivity index (χ3v) is 8.70. The summed E-state index contributed by atoms with van der Waals surface area (Å²) >= 11 is 0. The van der Waals surface area contributed by atoms with Gasteiger partial charge in [0.15, 0.2) is 0 Å². The van der Waals surface area contributed by atoms with Crippen LogP contribution in [0.3, 0.4) is 0 Å². The van der Waals surface area contributed by atoms with Crippen molar-refractivity contribution in [2.45, 2.75) is 77.3 Å². The zero-order valence-electron chi connectivity index (χ0n) is 21.2. The highest BCUT2D eigenvalue weighted by atomic mass is 32.2. The molecule has 1 atom stereocenters. The zero-order valence-corrected chi connectivity index (χ0v) is 22.0. The molecule has 1 fully saturated rings. The van der Waals surface area contributed by atoms with E-state index in [4.69, 9.17) is 4.98 Å². The quantitative estimate of drug-likeness (QED) is 0.467. The van der Waals surface area contributed by atoms with E-state index in [0.29, 0.717) is 36.3 Å². The maximum atomic E-state index is 13.0. The molecular weight excluding hydrogens is 460 g/mol. The van der Waals surface area contributed by atoms with Crippen LogP contribution in [0, 0.1) is 13.8 Å². The molecule has 1 N–H and O–H groups in total. The van der Waals surface area contributed by atoms with Crippen LogP contribution < -0.4 is 5.32 Å². The summed E-state index contributed by atoms with van der Waals surface area (Å²) in [6, 6.07) is 11.4. The second-order valence-corrected chi connectivity index (χ2v) is 11.5. The topological polar surface area (TPSA) is 84.3 Å². The van der Waals surface area contributed by atoms with Crippen LogP contribution >= 0.6 is 0 Å².